The molecular weight excluding hydrogens is 364 g/mol. The fourth-order valence-electron chi connectivity index (χ4n) is 2.73. The van der Waals surface area contributed by atoms with E-state index in [1.807, 2.05) is 6.92 Å². The van der Waals surface area contributed by atoms with E-state index < -0.39 is 10.1 Å². The van der Waals surface area contributed by atoms with E-state index in [0.29, 0.717) is 6.61 Å². The van der Waals surface area contributed by atoms with Crippen LogP contribution in [0.5, 0.6) is 0 Å². The molecule has 2 rings (SSSR count). The summed E-state index contributed by atoms with van der Waals surface area (Å²) in [6.45, 7) is 3.35. The molecule has 0 N–H and O–H groups in total. The van der Waals surface area contributed by atoms with Crippen LogP contribution < -0.4 is 0 Å². The maximum absolute atomic E-state index is 12.0. The second-order valence-electron chi connectivity index (χ2n) is 6.71. The monoisotopic (exact) mass is 394 g/mol. The molecule has 1 saturated heterocycles. The van der Waals surface area contributed by atoms with Gasteiger partial charge in [0.05, 0.1) is 11.5 Å². The zero-order valence-corrected chi connectivity index (χ0v) is 16.9. The number of hydrogen-bond donors (Lipinski definition) is 0. The minimum absolute atomic E-state index is 0.0794. The first kappa shape index (κ1) is 21.9. The molecular formula is C21H30O5S. The minimum Gasteiger partial charge on any atom is -0.353 e. The van der Waals surface area contributed by atoms with Crippen LogP contribution in [-0.2, 0) is 23.8 Å². The van der Waals surface area contributed by atoms with Gasteiger partial charge in [-0.2, -0.15) is 8.42 Å². The van der Waals surface area contributed by atoms with Crippen molar-refractivity contribution in [3.8, 4) is 11.8 Å². The van der Waals surface area contributed by atoms with Crippen molar-refractivity contribution in [1.82, 2.24) is 0 Å². The van der Waals surface area contributed by atoms with Gasteiger partial charge in [0.1, 0.15) is 6.61 Å². The Hall–Kier alpha value is -1.39. The highest BCUT2D eigenvalue weighted by Crippen LogP contribution is 2.14. The first-order chi connectivity index (χ1) is 13.1. The number of rotatable bonds is 10. The van der Waals surface area contributed by atoms with Gasteiger partial charge in [-0.15, -0.1) is 5.92 Å². The standard InChI is InChI=1S/C21H30O5S/c1-19-12-14-20(15-13-19)27(22,23)26-18-9-6-4-2-3-5-8-16-24-21-11-7-10-17-25-21/h12-15,21H,2-4,6-7,9-11,16-18H2,1H3. The largest absolute Gasteiger partial charge is 0.353 e. The Balaban J connectivity index is 1.47. The summed E-state index contributed by atoms with van der Waals surface area (Å²) in [5.74, 6) is 6.13. The van der Waals surface area contributed by atoms with E-state index in [1.54, 1.807) is 24.3 Å². The van der Waals surface area contributed by atoms with Gasteiger partial charge in [0.2, 0.25) is 0 Å². The van der Waals surface area contributed by atoms with E-state index in [2.05, 4.69) is 11.8 Å². The second-order valence-corrected chi connectivity index (χ2v) is 8.33. The molecule has 1 atom stereocenters. The molecule has 1 heterocycles. The molecule has 0 amide bonds. The van der Waals surface area contributed by atoms with Gasteiger partial charge < -0.3 is 9.47 Å². The quantitative estimate of drug-likeness (QED) is 0.338. The number of benzene rings is 1. The van der Waals surface area contributed by atoms with Crippen molar-refractivity contribution in [2.24, 2.45) is 0 Å². The van der Waals surface area contributed by atoms with Crippen molar-refractivity contribution >= 4 is 10.1 Å². The Morgan fingerprint density at radius 2 is 1.85 bits per heavy atom. The minimum atomic E-state index is -3.64. The van der Waals surface area contributed by atoms with Crippen LogP contribution in [0.3, 0.4) is 0 Å². The Morgan fingerprint density at radius 3 is 2.59 bits per heavy atom. The molecule has 5 nitrogen and oxygen atoms in total. The van der Waals surface area contributed by atoms with Gasteiger partial charge in [-0.05, 0) is 51.2 Å². The first-order valence-electron chi connectivity index (χ1n) is 9.73. The number of hydrogen-bond acceptors (Lipinski definition) is 5. The second kappa shape index (κ2) is 12.1. The predicted octanol–water partition coefficient (Wildman–Crippen LogP) is 4.20. The molecule has 0 aromatic heterocycles. The highest BCUT2D eigenvalue weighted by Gasteiger charge is 2.14. The summed E-state index contributed by atoms with van der Waals surface area (Å²) in [5, 5.41) is 0. The molecule has 1 aromatic carbocycles. The molecule has 1 fully saturated rings. The molecule has 150 valence electrons. The Labute approximate surface area is 163 Å². The zero-order chi connectivity index (χ0) is 19.4. The molecule has 0 saturated carbocycles. The summed E-state index contributed by atoms with van der Waals surface area (Å²) >= 11 is 0. The summed E-state index contributed by atoms with van der Waals surface area (Å²) in [4.78, 5) is 0.212. The van der Waals surface area contributed by atoms with E-state index in [0.717, 1.165) is 63.5 Å². The third-order valence-electron chi connectivity index (χ3n) is 4.35. The summed E-state index contributed by atoms with van der Waals surface area (Å²) in [7, 11) is -3.64. The van der Waals surface area contributed by atoms with Gasteiger partial charge in [-0.3, -0.25) is 4.18 Å². The van der Waals surface area contributed by atoms with E-state index in [4.69, 9.17) is 13.7 Å². The van der Waals surface area contributed by atoms with E-state index in [-0.39, 0.29) is 17.8 Å². The Morgan fingerprint density at radius 1 is 1.07 bits per heavy atom. The van der Waals surface area contributed by atoms with E-state index in [9.17, 15) is 8.42 Å². The fraction of sp³-hybridized carbons (Fsp3) is 0.619. The number of aryl methyl sites for hydroxylation is 1. The molecule has 6 heteroatoms. The van der Waals surface area contributed by atoms with Crippen LogP contribution >= 0.6 is 0 Å². The van der Waals surface area contributed by atoms with Crippen LogP contribution in [0.25, 0.3) is 0 Å². The summed E-state index contributed by atoms with van der Waals surface area (Å²) in [6, 6.07) is 6.69. The summed E-state index contributed by atoms with van der Waals surface area (Å²) in [6.07, 6.45) is 7.65. The van der Waals surface area contributed by atoms with Crippen LogP contribution in [0.4, 0.5) is 0 Å². The molecule has 0 bridgehead atoms. The fourth-order valence-corrected chi connectivity index (χ4v) is 3.67. The lowest BCUT2D eigenvalue weighted by molar-refractivity contribution is -0.154. The van der Waals surface area contributed by atoms with Gasteiger partial charge in [-0.1, -0.05) is 36.5 Å². The molecule has 0 radical (unpaired) electrons. The van der Waals surface area contributed by atoms with Crippen molar-refractivity contribution in [2.45, 2.75) is 69.5 Å². The van der Waals surface area contributed by atoms with E-state index >= 15 is 0 Å². The third-order valence-corrected chi connectivity index (χ3v) is 5.68. The summed E-state index contributed by atoms with van der Waals surface area (Å²) in [5.41, 5.74) is 1.02. The van der Waals surface area contributed by atoms with Crippen molar-refractivity contribution in [1.29, 1.82) is 0 Å². The molecule has 1 aliphatic heterocycles. The normalized spacial score (nSPS) is 17.3. The van der Waals surface area contributed by atoms with Crippen LogP contribution in [0.15, 0.2) is 29.2 Å². The van der Waals surface area contributed by atoms with Crippen molar-refractivity contribution in [3.63, 3.8) is 0 Å². The average molecular weight is 395 g/mol. The molecule has 0 aliphatic carbocycles. The zero-order valence-electron chi connectivity index (χ0n) is 16.1. The Kier molecular flexibility index (Phi) is 9.85. The third kappa shape index (κ3) is 8.89. The lowest BCUT2D eigenvalue weighted by Crippen LogP contribution is -2.22. The molecule has 1 aromatic rings. The Bertz CT molecular complexity index is 694. The van der Waals surface area contributed by atoms with Crippen LogP contribution in [0, 0.1) is 18.8 Å². The van der Waals surface area contributed by atoms with Gasteiger partial charge >= 0.3 is 0 Å². The molecule has 1 unspecified atom stereocenters. The van der Waals surface area contributed by atoms with Gasteiger partial charge in [0.15, 0.2) is 6.29 Å². The molecule has 27 heavy (non-hydrogen) atoms. The van der Waals surface area contributed by atoms with E-state index in [1.165, 1.54) is 0 Å². The molecule has 0 spiro atoms. The lowest BCUT2D eigenvalue weighted by atomic mass is 10.1. The maximum atomic E-state index is 12.0. The highest BCUT2D eigenvalue weighted by atomic mass is 32.2. The van der Waals surface area contributed by atoms with Gasteiger partial charge in [0, 0.05) is 13.0 Å². The summed E-state index contributed by atoms with van der Waals surface area (Å²) < 4.78 is 40.2. The SMILES string of the molecule is Cc1ccc(S(=O)(=O)OCCCCCCC#CCOC2CCCCO2)cc1. The van der Waals surface area contributed by atoms with Crippen molar-refractivity contribution in [2.75, 3.05) is 19.8 Å². The van der Waals surface area contributed by atoms with Gasteiger partial charge in [-0.25, -0.2) is 0 Å². The maximum Gasteiger partial charge on any atom is 0.296 e. The predicted molar refractivity (Wildman–Crippen MR) is 105 cm³/mol. The highest BCUT2D eigenvalue weighted by molar-refractivity contribution is 7.86. The van der Waals surface area contributed by atoms with Gasteiger partial charge in [0.25, 0.3) is 10.1 Å². The smallest absolute Gasteiger partial charge is 0.296 e. The van der Waals surface area contributed by atoms with Crippen molar-refractivity contribution in [3.05, 3.63) is 29.8 Å². The number of ether oxygens (including phenoxy) is 2. The van der Waals surface area contributed by atoms with Crippen LogP contribution in [0.1, 0.15) is 56.9 Å². The topological polar surface area (TPSA) is 61.8 Å². The lowest BCUT2D eigenvalue weighted by Gasteiger charge is -2.21. The van der Waals surface area contributed by atoms with Crippen LogP contribution in [0.2, 0.25) is 0 Å². The molecule has 1 aliphatic rings. The van der Waals surface area contributed by atoms with Crippen LogP contribution in [-0.4, -0.2) is 34.5 Å². The first-order valence-corrected chi connectivity index (χ1v) is 11.1. The average Bonchev–Trinajstić information content (AvgIpc) is 2.67. The number of unbranched alkanes of at least 4 members (excludes halogenated alkanes) is 4. The van der Waals surface area contributed by atoms with Crippen molar-refractivity contribution < 1.29 is 22.1 Å².